The zero-order chi connectivity index (χ0) is 22.6. The smallest absolute Gasteiger partial charge is 0.315 e. The Morgan fingerprint density at radius 2 is 1.61 bits per heavy atom. The van der Waals surface area contributed by atoms with Crippen LogP contribution in [0, 0.1) is 5.92 Å². The van der Waals surface area contributed by atoms with Gasteiger partial charge < -0.3 is 25.0 Å². The predicted octanol–water partition coefficient (Wildman–Crippen LogP) is 3.86. The molecule has 3 amide bonds. The number of urea groups is 1. The van der Waals surface area contributed by atoms with E-state index in [1.54, 1.807) is 4.90 Å². The van der Waals surface area contributed by atoms with Crippen molar-refractivity contribution in [3.8, 4) is 11.5 Å². The molecule has 0 radical (unpaired) electrons. The van der Waals surface area contributed by atoms with Gasteiger partial charge in [-0.05, 0) is 23.3 Å². The first-order valence-corrected chi connectivity index (χ1v) is 11.0. The number of carbonyl (C=O) groups excluding carboxylic acids is 2. The fraction of sp³-hybridized carbons (Fsp3) is 0.231. The minimum absolute atomic E-state index is 0.0283. The third kappa shape index (κ3) is 4.62. The largest absolute Gasteiger partial charge is 0.454 e. The molecule has 2 aliphatic heterocycles. The Labute approximate surface area is 192 Å². The van der Waals surface area contributed by atoms with Crippen LogP contribution in [0.25, 0.3) is 0 Å². The van der Waals surface area contributed by atoms with E-state index in [9.17, 15) is 9.59 Å². The lowest BCUT2D eigenvalue weighted by Crippen LogP contribution is -2.41. The molecule has 5 rings (SSSR count). The maximum Gasteiger partial charge on any atom is 0.315 e. The van der Waals surface area contributed by atoms with E-state index in [4.69, 9.17) is 9.47 Å². The van der Waals surface area contributed by atoms with E-state index in [2.05, 4.69) is 10.6 Å². The van der Waals surface area contributed by atoms with Crippen molar-refractivity contribution in [2.24, 2.45) is 5.92 Å². The van der Waals surface area contributed by atoms with Crippen molar-refractivity contribution in [2.45, 2.75) is 12.5 Å². The van der Waals surface area contributed by atoms with E-state index in [1.165, 1.54) is 0 Å². The van der Waals surface area contributed by atoms with Crippen molar-refractivity contribution in [1.82, 2.24) is 10.6 Å². The summed E-state index contributed by atoms with van der Waals surface area (Å²) in [4.78, 5) is 27.1. The average Bonchev–Trinajstić information content (AvgIpc) is 3.48. The fourth-order valence-corrected chi connectivity index (χ4v) is 4.29. The number of anilines is 1. The first-order chi connectivity index (χ1) is 16.2. The molecule has 2 N–H and O–H groups in total. The van der Waals surface area contributed by atoms with Crippen molar-refractivity contribution in [3.63, 3.8) is 0 Å². The standard InChI is InChI=1S/C26H25N3O4/c30-24-13-18(16-29(24)21-11-12-22-23(14-21)33-17-32-22)15-27-26(31)28-25(19-7-3-1-4-8-19)20-9-5-2-6-10-20/h1-12,14,18,25H,13,15-17H2,(H2,27,28,31)/t18-/m1/s1. The van der Waals surface area contributed by atoms with Crippen LogP contribution in [0.4, 0.5) is 10.5 Å². The molecule has 2 aliphatic rings. The SMILES string of the molecule is O=C(NC[C@H]1CC(=O)N(c2ccc3c(c2)OCO3)C1)NC(c1ccccc1)c1ccccc1. The highest BCUT2D eigenvalue weighted by Crippen LogP contribution is 2.37. The first-order valence-electron chi connectivity index (χ1n) is 11.0. The molecule has 0 unspecified atom stereocenters. The second-order valence-electron chi connectivity index (χ2n) is 8.22. The highest BCUT2D eigenvalue weighted by Gasteiger charge is 2.32. The van der Waals surface area contributed by atoms with Crippen molar-refractivity contribution >= 4 is 17.6 Å². The number of nitrogens with one attached hydrogen (secondary N) is 2. The van der Waals surface area contributed by atoms with Crippen LogP contribution < -0.4 is 25.0 Å². The Kier molecular flexibility index (Phi) is 5.85. The van der Waals surface area contributed by atoms with Crippen molar-refractivity contribution in [3.05, 3.63) is 90.0 Å². The molecule has 1 atom stereocenters. The van der Waals surface area contributed by atoms with Crippen LogP contribution in [0.1, 0.15) is 23.6 Å². The Hall–Kier alpha value is -4.00. The lowest BCUT2D eigenvalue weighted by Gasteiger charge is -2.21. The fourth-order valence-electron chi connectivity index (χ4n) is 4.29. The van der Waals surface area contributed by atoms with E-state index in [0.717, 1.165) is 16.8 Å². The summed E-state index contributed by atoms with van der Waals surface area (Å²) in [6.45, 7) is 1.15. The zero-order valence-electron chi connectivity index (χ0n) is 18.1. The molecular weight excluding hydrogens is 418 g/mol. The molecule has 7 nitrogen and oxygen atoms in total. The summed E-state index contributed by atoms with van der Waals surface area (Å²) in [5.74, 6) is 1.40. The molecule has 2 heterocycles. The lowest BCUT2D eigenvalue weighted by molar-refractivity contribution is -0.117. The number of fused-ring (bicyclic) bond motifs is 1. The number of carbonyl (C=O) groups is 2. The molecule has 7 heteroatoms. The van der Waals surface area contributed by atoms with E-state index >= 15 is 0 Å². The molecular formula is C26H25N3O4. The highest BCUT2D eigenvalue weighted by molar-refractivity contribution is 5.96. The van der Waals surface area contributed by atoms with Gasteiger partial charge in [-0.1, -0.05) is 60.7 Å². The molecule has 0 aliphatic carbocycles. The Morgan fingerprint density at radius 1 is 0.939 bits per heavy atom. The van der Waals surface area contributed by atoms with Crippen LogP contribution in [0.5, 0.6) is 11.5 Å². The number of hydrogen-bond acceptors (Lipinski definition) is 4. The minimum atomic E-state index is -0.262. The van der Waals surface area contributed by atoms with Gasteiger partial charge in [0.1, 0.15) is 0 Å². The number of amides is 3. The summed E-state index contributed by atoms with van der Waals surface area (Å²) < 4.78 is 10.8. The van der Waals surface area contributed by atoms with Gasteiger partial charge >= 0.3 is 6.03 Å². The van der Waals surface area contributed by atoms with Crippen LogP contribution >= 0.6 is 0 Å². The maximum atomic E-state index is 12.8. The second kappa shape index (κ2) is 9.24. The van der Waals surface area contributed by atoms with Crippen molar-refractivity contribution in [2.75, 3.05) is 24.8 Å². The predicted molar refractivity (Wildman–Crippen MR) is 124 cm³/mol. The third-order valence-corrected chi connectivity index (χ3v) is 5.97. The van der Waals surface area contributed by atoms with Crippen LogP contribution in [-0.2, 0) is 4.79 Å². The number of rotatable bonds is 6. The van der Waals surface area contributed by atoms with E-state index in [0.29, 0.717) is 31.0 Å². The van der Waals surface area contributed by atoms with Gasteiger partial charge in [0, 0.05) is 37.2 Å². The molecule has 3 aromatic rings. The second-order valence-corrected chi connectivity index (χ2v) is 8.22. The van der Waals surface area contributed by atoms with E-state index in [-0.39, 0.29) is 30.7 Å². The van der Waals surface area contributed by atoms with Gasteiger partial charge in [-0.2, -0.15) is 0 Å². The van der Waals surface area contributed by atoms with Crippen molar-refractivity contribution in [1.29, 1.82) is 0 Å². The lowest BCUT2D eigenvalue weighted by atomic mass is 9.99. The third-order valence-electron chi connectivity index (χ3n) is 5.97. The summed E-state index contributed by atoms with van der Waals surface area (Å²) in [5.41, 5.74) is 2.79. The number of ether oxygens (including phenoxy) is 2. The summed E-state index contributed by atoms with van der Waals surface area (Å²) in [5, 5.41) is 6.03. The first kappa shape index (κ1) is 20.9. The van der Waals surface area contributed by atoms with Crippen LogP contribution in [0.3, 0.4) is 0 Å². The molecule has 0 aromatic heterocycles. The summed E-state index contributed by atoms with van der Waals surface area (Å²) in [6, 6.07) is 24.7. The quantitative estimate of drug-likeness (QED) is 0.606. The highest BCUT2D eigenvalue weighted by atomic mass is 16.7. The van der Waals surface area contributed by atoms with Gasteiger partial charge in [0.15, 0.2) is 11.5 Å². The number of benzene rings is 3. The van der Waals surface area contributed by atoms with Gasteiger partial charge in [-0.25, -0.2) is 4.79 Å². The molecule has 1 fully saturated rings. The molecule has 33 heavy (non-hydrogen) atoms. The number of nitrogens with zero attached hydrogens (tertiary/aromatic N) is 1. The number of hydrogen-bond donors (Lipinski definition) is 2. The molecule has 1 saturated heterocycles. The minimum Gasteiger partial charge on any atom is -0.454 e. The molecule has 0 saturated carbocycles. The Balaban J connectivity index is 1.20. The normalized spacial score (nSPS) is 16.8. The summed E-state index contributed by atoms with van der Waals surface area (Å²) >= 11 is 0. The molecule has 0 bridgehead atoms. The molecule has 168 valence electrons. The topological polar surface area (TPSA) is 79.9 Å². The van der Waals surface area contributed by atoms with Gasteiger partial charge in [0.25, 0.3) is 0 Å². The van der Waals surface area contributed by atoms with Gasteiger partial charge in [-0.3, -0.25) is 4.79 Å². The zero-order valence-corrected chi connectivity index (χ0v) is 18.1. The monoisotopic (exact) mass is 443 g/mol. The Bertz CT molecular complexity index is 1100. The molecule has 3 aromatic carbocycles. The summed E-state index contributed by atoms with van der Waals surface area (Å²) in [7, 11) is 0. The Morgan fingerprint density at radius 3 is 2.30 bits per heavy atom. The van der Waals surface area contributed by atoms with Gasteiger partial charge in [0.2, 0.25) is 12.7 Å². The average molecular weight is 444 g/mol. The summed E-state index contributed by atoms with van der Waals surface area (Å²) in [6.07, 6.45) is 0.384. The van der Waals surface area contributed by atoms with Gasteiger partial charge in [-0.15, -0.1) is 0 Å². The van der Waals surface area contributed by atoms with Crippen LogP contribution in [0.2, 0.25) is 0 Å². The van der Waals surface area contributed by atoms with Crippen LogP contribution in [-0.4, -0.2) is 31.8 Å². The van der Waals surface area contributed by atoms with Gasteiger partial charge in [0.05, 0.1) is 6.04 Å². The van der Waals surface area contributed by atoms with E-state index < -0.39 is 0 Å². The van der Waals surface area contributed by atoms with E-state index in [1.807, 2.05) is 78.9 Å². The van der Waals surface area contributed by atoms with Crippen LogP contribution in [0.15, 0.2) is 78.9 Å². The molecule has 0 spiro atoms. The maximum absolute atomic E-state index is 12.8. The van der Waals surface area contributed by atoms with Crippen molar-refractivity contribution < 1.29 is 19.1 Å².